The maximum absolute atomic E-state index is 14.8. The molecule has 1 aliphatic carbocycles. The third-order valence-corrected chi connectivity index (χ3v) is 6.25. The van der Waals surface area contributed by atoms with Crippen molar-refractivity contribution in [2.45, 2.75) is 44.2 Å². The molecule has 1 heterocycles. The third kappa shape index (κ3) is 5.32. The number of urea groups is 1. The highest BCUT2D eigenvalue weighted by atomic mass is 35.5. The van der Waals surface area contributed by atoms with E-state index in [9.17, 15) is 28.2 Å². The summed E-state index contributed by atoms with van der Waals surface area (Å²) < 4.78 is 51.8. The van der Waals surface area contributed by atoms with E-state index in [4.69, 9.17) is 32.7 Å². The number of nitrogens with one attached hydrogen (secondary N) is 2. The zero-order chi connectivity index (χ0) is 26.1. The van der Waals surface area contributed by atoms with Crippen LogP contribution in [0.25, 0.3) is 0 Å². The molecule has 2 aromatic rings. The second kappa shape index (κ2) is 10.7. The molecule has 1 aliphatic heterocycles. The van der Waals surface area contributed by atoms with Gasteiger partial charge in [0, 0.05) is 17.7 Å². The van der Waals surface area contributed by atoms with Crippen molar-refractivity contribution in [2.75, 3.05) is 12.1 Å². The molecule has 2 amide bonds. The van der Waals surface area contributed by atoms with Crippen LogP contribution < -0.4 is 25.1 Å². The molecule has 0 bridgehead atoms. The molecule has 2 aliphatic rings. The van der Waals surface area contributed by atoms with Gasteiger partial charge in [0.1, 0.15) is 12.0 Å². The monoisotopic (exact) mass is 548 g/mol. The molecule has 1 fully saturated rings. The van der Waals surface area contributed by atoms with E-state index in [0.29, 0.717) is 5.01 Å². The third-order valence-electron chi connectivity index (χ3n) is 5.69. The summed E-state index contributed by atoms with van der Waals surface area (Å²) in [4.78, 5) is 12.2. The summed E-state index contributed by atoms with van der Waals surface area (Å²) in [5.74, 6) is -1.27. The number of aliphatic hydroxyl groups excluding tert-OH is 2. The van der Waals surface area contributed by atoms with Gasteiger partial charge in [0.2, 0.25) is 0 Å². The number of rotatable bonds is 8. The summed E-state index contributed by atoms with van der Waals surface area (Å²) in [6.07, 6.45) is -3.41. The Balaban J connectivity index is 1.64. The SMILES string of the molecule is COc1cc(F)c(Oc2c(Cl)cc(N3N=C(C(F)F)C(O)NC3=O)cc2Cl)cc1C(O)NC1CCC1. The number of hydrogen-bond acceptors (Lipinski definition) is 7. The molecular formula is C22H21Cl2F3N4O5. The fraction of sp³-hybridized carbons (Fsp3) is 0.364. The van der Waals surface area contributed by atoms with E-state index >= 15 is 0 Å². The molecule has 36 heavy (non-hydrogen) atoms. The van der Waals surface area contributed by atoms with Crippen molar-refractivity contribution in [3.8, 4) is 17.2 Å². The highest BCUT2D eigenvalue weighted by Gasteiger charge is 2.33. The molecule has 0 radical (unpaired) electrons. The van der Waals surface area contributed by atoms with Crippen LogP contribution >= 0.6 is 23.2 Å². The van der Waals surface area contributed by atoms with E-state index in [2.05, 4.69) is 10.4 Å². The van der Waals surface area contributed by atoms with Crippen LogP contribution in [-0.4, -0.2) is 47.8 Å². The van der Waals surface area contributed by atoms with Crippen molar-refractivity contribution in [1.82, 2.24) is 10.6 Å². The number of carbonyl (C=O) groups is 1. The summed E-state index contributed by atoms with van der Waals surface area (Å²) in [6.45, 7) is 0. The van der Waals surface area contributed by atoms with Crippen LogP contribution in [0.15, 0.2) is 29.4 Å². The van der Waals surface area contributed by atoms with Gasteiger partial charge in [-0.2, -0.15) is 10.1 Å². The predicted octanol–water partition coefficient (Wildman–Crippen LogP) is 4.54. The van der Waals surface area contributed by atoms with E-state index in [-0.39, 0.29) is 44.6 Å². The first kappa shape index (κ1) is 26.3. The number of hydrazone groups is 1. The van der Waals surface area contributed by atoms with Crippen LogP contribution in [0.4, 0.5) is 23.7 Å². The molecule has 2 atom stereocenters. The fourth-order valence-electron chi connectivity index (χ4n) is 3.59. The molecule has 0 saturated heterocycles. The summed E-state index contributed by atoms with van der Waals surface area (Å²) in [5.41, 5.74) is -0.873. The predicted molar refractivity (Wildman–Crippen MR) is 126 cm³/mol. The number of halogens is 5. The minimum Gasteiger partial charge on any atom is -0.496 e. The summed E-state index contributed by atoms with van der Waals surface area (Å²) in [7, 11) is 1.33. The Morgan fingerprint density at radius 2 is 1.86 bits per heavy atom. The second-order valence-corrected chi connectivity index (χ2v) is 8.87. The standard InChI is InChI=1S/C22H21Cl2F3N4O5/c1-35-15-8-14(25)16(7-11(15)20(32)28-9-3-2-4-9)36-18-12(23)5-10(6-13(18)24)31-22(34)29-21(33)17(30-31)19(26)27/h5-9,19-21,28,32-33H,2-4H2,1H3,(H,29,34). The number of aliphatic hydroxyl groups is 2. The van der Waals surface area contributed by atoms with Gasteiger partial charge in [0.15, 0.2) is 29.3 Å². The van der Waals surface area contributed by atoms with Crippen LogP contribution in [0.2, 0.25) is 10.0 Å². The van der Waals surface area contributed by atoms with Crippen LogP contribution in [0.3, 0.4) is 0 Å². The van der Waals surface area contributed by atoms with Crippen molar-refractivity contribution < 1.29 is 37.7 Å². The molecule has 1 saturated carbocycles. The number of hydrogen-bond donors (Lipinski definition) is 4. The minimum atomic E-state index is -3.14. The average Bonchev–Trinajstić information content (AvgIpc) is 2.78. The largest absolute Gasteiger partial charge is 0.496 e. The van der Waals surface area contributed by atoms with Crippen molar-refractivity contribution in [3.63, 3.8) is 0 Å². The van der Waals surface area contributed by atoms with Gasteiger partial charge in [-0.05, 0) is 31.0 Å². The van der Waals surface area contributed by atoms with E-state index in [0.717, 1.165) is 37.5 Å². The molecule has 14 heteroatoms. The quantitative estimate of drug-likeness (QED) is 0.360. The molecule has 4 N–H and O–H groups in total. The normalized spacial score (nSPS) is 19.0. The minimum absolute atomic E-state index is 0.0951. The van der Waals surface area contributed by atoms with Crippen LogP contribution in [-0.2, 0) is 0 Å². The summed E-state index contributed by atoms with van der Waals surface area (Å²) in [6, 6.07) is 3.67. The number of amides is 2. The first-order chi connectivity index (χ1) is 17.1. The molecule has 4 rings (SSSR count). The number of ether oxygens (including phenoxy) is 2. The molecule has 2 aromatic carbocycles. The van der Waals surface area contributed by atoms with Crippen LogP contribution in [0.5, 0.6) is 17.2 Å². The zero-order valence-corrected chi connectivity index (χ0v) is 20.2. The number of methoxy groups -OCH3 is 1. The number of nitrogens with zero attached hydrogens (tertiary/aromatic N) is 2. The fourth-order valence-corrected chi connectivity index (χ4v) is 4.14. The van der Waals surface area contributed by atoms with Gasteiger partial charge in [0.25, 0.3) is 6.43 Å². The highest BCUT2D eigenvalue weighted by molar-refractivity contribution is 6.37. The lowest BCUT2D eigenvalue weighted by atomic mass is 9.92. The summed E-state index contributed by atoms with van der Waals surface area (Å²) >= 11 is 12.5. The molecule has 2 unspecified atom stereocenters. The van der Waals surface area contributed by atoms with Gasteiger partial charge < -0.3 is 25.0 Å². The molecular weight excluding hydrogens is 528 g/mol. The topological polar surface area (TPSA) is 116 Å². The summed E-state index contributed by atoms with van der Waals surface area (Å²) in [5, 5.41) is 28.8. The Labute approximate surface area is 213 Å². The average molecular weight is 549 g/mol. The maximum Gasteiger partial charge on any atom is 0.344 e. The van der Waals surface area contributed by atoms with Gasteiger partial charge in [-0.25, -0.2) is 18.0 Å². The smallest absolute Gasteiger partial charge is 0.344 e. The molecule has 9 nitrogen and oxygen atoms in total. The Hall–Kier alpha value is -2.77. The first-order valence-corrected chi connectivity index (χ1v) is 11.5. The number of benzene rings is 2. The van der Waals surface area contributed by atoms with Crippen molar-refractivity contribution in [2.24, 2.45) is 5.10 Å². The Morgan fingerprint density at radius 1 is 1.19 bits per heavy atom. The second-order valence-electron chi connectivity index (χ2n) is 8.05. The lowest BCUT2D eigenvalue weighted by Crippen LogP contribution is -2.53. The van der Waals surface area contributed by atoms with Gasteiger partial charge in [-0.3, -0.25) is 5.32 Å². The van der Waals surface area contributed by atoms with Crippen molar-refractivity contribution in [1.29, 1.82) is 0 Å². The molecule has 194 valence electrons. The van der Waals surface area contributed by atoms with E-state index < -0.39 is 36.4 Å². The lowest BCUT2D eigenvalue weighted by molar-refractivity contribution is 0.102. The highest BCUT2D eigenvalue weighted by Crippen LogP contribution is 2.42. The van der Waals surface area contributed by atoms with Gasteiger partial charge >= 0.3 is 6.03 Å². The van der Waals surface area contributed by atoms with Crippen molar-refractivity contribution in [3.05, 3.63) is 45.7 Å². The van der Waals surface area contributed by atoms with Crippen molar-refractivity contribution >= 4 is 40.6 Å². The molecule has 0 spiro atoms. The van der Waals surface area contributed by atoms with Gasteiger partial charge in [0.05, 0.1) is 22.8 Å². The Kier molecular flexibility index (Phi) is 7.81. The van der Waals surface area contributed by atoms with Gasteiger partial charge in [-0.1, -0.05) is 29.6 Å². The van der Waals surface area contributed by atoms with E-state index in [1.165, 1.54) is 13.2 Å². The zero-order valence-electron chi connectivity index (χ0n) is 18.6. The maximum atomic E-state index is 14.8. The van der Waals surface area contributed by atoms with E-state index in [1.54, 1.807) is 0 Å². The van der Waals surface area contributed by atoms with E-state index in [1.807, 2.05) is 5.32 Å². The first-order valence-electron chi connectivity index (χ1n) is 10.7. The number of alkyl halides is 2. The van der Waals surface area contributed by atoms with Crippen LogP contribution in [0, 0.1) is 5.82 Å². The molecule has 0 aromatic heterocycles. The number of carbonyl (C=O) groups excluding carboxylic acids is 1. The number of anilines is 1. The Bertz CT molecular complexity index is 1180. The Morgan fingerprint density at radius 3 is 2.42 bits per heavy atom. The lowest BCUT2D eigenvalue weighted by Gasteiger charge is -2.30. The van der Waals surface area contributed by atoms with Crippen LogP contribution in [0.1, 0.15) is 31.1 Å². The van der Waals surface area contributed by atoms with Gasteiger partial charge in [-0.15, -0.1) is 0 Å².